The first-order chi connectivity index (χ1) is 28.2. The largest absolute Gasteiger partial charge is 0.488 e. The van der Waals surface area contributed by atoms with Gasteiger partial charge >= 0.3 is 0 Å². The molecule has 0 radical (unpaired) electrons. The van der Waals surface area contributed by atoms with Crippen LogP contribution in [0.1, 0.15) is 52.8 Å². The number of rotatable bonds is 13. The van der Waals surface area contributed by atoms with Gasteiger partial charge in [-0.2, -0.15) is 0 Å². The van der Waals surface area contributed by atoms with Crippen molar-refractivity contribution in [1.82, 2.24) is 14.8 Å². The van der Waals surface area contributed by atoms with Gasteiger partial charge in [-0.3, -0.25) is 4.79 Å². The molecule has 2 heterocycles. The summed E-state index contributed by atoms with van der Waals surface area (Å²) in [5.41, 5.74) is 5.19. The van der Waals surface area contributed by atoms with Crippen molar-refractivity contribution in [2.75, 3.05) is 0 Å². The van der Waals surface area contributed by atoms with Crippen LogP contribution in [0.15, 0.2) is 123 Å². The Hall–Kier alpha value is -5.86. The Bertz CT molecular complexity index is 2650. The molecular weight excluding hydrogens is 898 g/mol. The molecule has 0 spiro atoms. The van der Waals surface area contributed by atoms with Crippen LogP contribution in [-0.2, 0) is 18.0 Å². The van der Waals surface area contributed by atoms with Gasteiger partial charge in [0.25, 0.3) is 0 Å². The number of ether oxygens (including phenoxy) is 2. The summed E-state index contributed by atoms with van der Waals surface area (Å²) in [6, 6.07) is 29.0. The molecule has 0 atom stereocenters. The molecular formula is C45H35Br2F4N3O5. The molecule has 0 aliphatic carbocycles. The van der Waals surface area contributed by atoms with Crippen molar-refractivity contribution in [2.45, 2.75) is 46.8 Å². The summed E-state index contributed by atoms with van der Waals surface area (Å²) in [7, 11) is 0. The van der Waals surface area contributed by atoms with Crippen molar-refractivity contribution in [2.24, 2.45) is 0 Å². The molecule has 8 nitrogen and oxygen atoms in total. The highest BCUT2D eigenvalue weighted by Crippen LogP contribution is 2.37. The third kappa shape index (κ3) is 11.0. The molecule has 0 aliphatic heterocycles. The van der Waals surface area contributed by atoms with Gasteiger partial charge in [0.2, 0.25) is 11.8 Å². The zero-order chi connectivity index (χ0) is 42.2. The average Bonchev–Trinajstić information content (AvgIpc) is 3.82. The molecule has 0 bridgehead atoms. The molecule has 0 saturated heterocycles. The lowest BCUT2D eigenvalue weighted by Gasteiger charge is -2.17. The first-order valence-electron chi connectivity index (χ1n) is 18.1. The smallest absolute Gasteiger partial charge is 0.247 e. The maximum absolute atomic E-state index is 14.2. The van der Waals surface area contributed by atoms with E-state index in [1.807, 2.05) is 61.5 Å². The van der Waals surface area contributed by atoms with E-state index in [-0.39, 0.29) is 54.5 Å². The van der Waals surface area contributed by atoms with Gasteiger partial charge in [0.15, 0.2) is 5.78 Å². The number of nitrogens with zero attached hydrogens (tertiary/aromatic N) is 3. The molecule has 5 aromatic carbocycles. The number of aromatic nitrogens is 3. The Morgan fingerprint density at radius 3 is 1.93 bits per heavy atom. The fraction of sp³-hybridized carbons (Fsp3) is 0.156. The number of ketones is 2. The van der Waals surface area contributed by atoms with Crippen molar-refractivity contribution in [1.29, 1.82) is 0 Å². The van der Waals surface area contributed by atoms with Crippen molar-refractivity contribution in [3.63, 3.8) is 0 Å². The second kappa shape index (κ2) is 19.3. The number of aryl methyl sites for hydroxylation is 2. The second-order valence-corrected chi connectivity index (χ2v) is 15.2. The fourth-order valence-corrected chi connectivity index (χ4v) is 6.69. The number of halogens is 6. The number of hydrogen-bond acceptors (Lipinski definition) is 7. The van der Waals surface area contributed by atoms with E-state index in [0.29, 0.717) is 27.6 Å². The summed E-state index contributed by atoms with van der Waals surface area (Å²) in [5, 5.41) is 8.05. The van der Waals surface area contributed by atoms with E-state index in [1.165, 1.54) is 25.1 Å². The predicted octanol–water partition coefficient (Wildman–Crippen LogP) is 12.3. The molecule has 2 aromatic heterocycles. The number of benzene rings is 5. The maximum atomic E-state index is 14.2. The summed E-state index contributed by atoms with van der Waals surface area (Å²) in [6.45, 7) is 5.01. The summed E-state index contributed by atoms with van der Waals surface area (Å²) in [4.78, 5) is 23.3. The van der Waals surface area contributed by atoms with Crippen molar-refractivity contribution in [3.05, 3.63) is 170 Å². The summed E-state index contributed by atoms with van der Waals surface area (Å²) in [6.07, 6.45) is 0.227. The standard InChI is InChI=1S/C27H20BrF2N3O2.C18H15BrF2O3/c1-16-6-10-25(33(16)22-5-3-4-18(12-22)27-32-31-17(2)35-27)23-13-20(28)8-11-26(23)34-15-19-7-9-21(29)14-24(19)30;1-11(22)2-6-17(23)15-8-13(19)4-7-18(15)24-10-12-3-5-14(20)9-16(12)21/h3-14H,15H2,1-2H3;3-5,7-9H,2,6,10H2,1H3. The number of Topliss-reactive ketones (excluding diaryl/α,β-unsaturated/α-hetero) is 2. The van der Waals surface area contributed by atoms with Gasteiger partial charge in [-0.1, -0.05) is 37.9 Å². The molecule has 0 aliphatic rings. The Kier molecular flexibility index (Phi) is 14.0. The minimum absolute atomic E-state index is 0.0353. The molecule has 7 rings (SSSR count). The lowest BCUT2D eigenvalue weighted by Crippen LogP contribution is -2.07. The molecule has 59 heavy (non-hydrogen) atoms. The molecule has 14 heteroatoms. The first-order valence-corrected chi connectivity index (χ1v) is 19.7. The van der Waals surface area contributed by atoms with Crippen LogP contribution in [0.25, 0.3) is 28.4 Å². The second-order valence-electron chi connectivity index (χ2n) is 13.3. The monoisotopic (exact) mass is 931 g/mol. The topological polar surface area (TPSA) is 96.5 Å². The van der Waals surface area contributed by atoms with Gasteiger partial charge in [0.1, 0.15) is 53.8 Å². The van der Waals surface area contributed by atoms with Crippen LogP contribution in [-0.4, -0.2) is 26.3 Å². The third-order valence-corrected chi connectivity index (χ3v) is 9.90. The Labute approximate surface area is 354 Å². The highest BCUT2D eigenvalue weighted by Gasteiger charge is 2.18. The number of carbonyl (C=O) groups excluding carboxylic acids is 2. The molecule has 0 saturated carbocycles. The average molecular weight is 934 g/mol. The van der Waals surface area contributed by atoms with Crippen LogP contribution in [0.5, 0.6) is 11.5 Å². The van der Waals surface area contributed by atoms with Crippen LogP contribution >= 0.6 is 31.9 Å². The van der Waals surface area contributed by atoms with E-state index in [1.54, 1.807) is 25.1 Å². The maximum Gasteiger partial charge on any atom is 0.247 e. The first kappa shape index (κ1) is 42.7. The van der Waals surface area contributed by atoms with E-state index in [2.05, 4.69) is 46.6 Å². The molecule has 0 N–H and O–H groups in total. The van der Waals surface area contributed by atoms with Crippen LogP contribution in [0.3, 0.4) is 0 Å². The van der Waals surface area contributed by atoms with Crippen LogP contribution in [0.2, 0.25) is 0 Å². The van der Waals surface area contributed by atoms with E-state index < -0.39 is 23.3 Å². The molecule has 302 valence electrons. The summed E-state index contributed by atoms with van der Waals surface area (Å²) < 4.78 is 74.8. The van der Waals surface area contributed by atoms with Crippen LogP contribution in [0, 0.1) is 37.1 Å². The fourth-order valence-electron chi connectivity index (χ4n) is 5.97. The van der Waals surface area contributed by atoms with Gasteiger partial charge in [0.05, 0.1) is 11.3 Å². The molecule has 0 unspecified atom stereocenters. The number of carbonyl (C=O) groups is 2. The van der Waals surface area contributed by atoms with Crippen LogP contribution < -0.4 is 9.47 Å². The van der Waals surface area contributed by atoms with E-state index in [9.17, 15) is 27.2 Å². The van der Waals surface area contributed by atoms with Crippen molar-refractivity contribution >= 4 is 43.4 Å². The van der Waals surface area contributed by atoms with Crippen molar-refractivity contribution < 1.29 is 41.0 Å². The number of hydrogen-bond donors (Lipinski definition) is 0. The van der Waals surface area contributed by atoms with Gasteiger partial charge in [-0.25, -0.2) is 17.6 Å². The molecule has 7 aromatic rings. The van der Waals surface area contributed by atoms with Gasteiger partial charge in [-0.05, 0) is 105 Å². The quantitative estimate of drug-likeness (QED) is 0.0839. The van der Waals surface area contributed by atoms with E-state index in [0.717, 1.165) is 50.9 Å². The Morgan fingerprint density at radius 1 is 0.695 bits per heavy atom. The Morgan fingerprint density at radius 2 is 1.32 bits per heavy atom. The molecule has 0 amide bonds. The van der Waals surface area contributed by atoms with Gasteiger partial charge in [0, 0.05) is 74.5 Å². The highest BCUT2D eigenvalue weighted by atomic mass is 79.9. The predicted molar refractivity (Wildman–Crippen MR) is 221 cm³/mol. The van der Waals surface area contributed by atoms with Crippen LogP contribution in [0.4, 0.5) is 17.6 Å². The van der Waals surface area contributed by atoms with Gasteiger partial charge < -0.3 is 23.3 Å². The highest BCUT2D eigenvalue weighted by molar-refractivity contribution is 9.10. The minimum atomic E-state index is -0.712. The SMILES string of the molecule is CC(=O)CCC(=O)c1cc(Br)ccc1OCc1ccc(F)cc1F.Cc1nnc(-c2cccc(-n3c(C)ccc3-c3cc(Br)ccc3OCc3ccc(F)cc3F)c2)o1. The van der Waals surface area contributed by atoms with Gasteiger partial charge in [-0.15, -0.1) is 10.2 Å². The minimum Gasteiger partial charge on any atom is -0.488 e. The lowest BCUT2D eigenvalue weighted by molar-refractivity contribution is -0.117. The summed E-state index contributed by atoms with van der Waals surface area (Å²) >= 11 is 6.83. The Balaban J connectivity index is 0.000000214. The normalized spacial score (nSPS) is 10.9. The lowest BCUT2D eigenvalue weighted by atomic mass is 10.0. The zero-order valence-corrected chi connectivity index (χ0v) is 35.0. The summed E-state index contributed by atoms with van der Waals surface area (Å²) in [5.74, 6) is -1.15. The third-order valence-electron chi connectivity index (χ3n) is 8.91. The van der Waals surface area contributed by atoms with Crippen molar-refractivity contribution in [3.8, 4) is 39.9 Å². The van der Waals surface area contributed by atoms with E-state index >= 15 is 0 Å². The van der Waals surface area contributed by atoms with E-state index in [4.69, 9.17) is 13.9 Å². The molecule has 0 fully saturated rings. The zero-order valence-electron chi connectivity index (χ0n) is 31.9.